The lowest BCUT2D eigenvalue weighted by molar-refractivity contribution is 0.982. The van der Waals surface area contributed by atoms with E-state index >= 15 is 0 Å². The smallest absolute Gasteiger partial charge is 0.186 e. The summed E-state index contributed by atoms with van der Waals surface area (Å²) in [6.45, 7) is 0. The molecule has 15 heavy (non-hydrogen) atoms. The van der Waals surface area contributed by atoms with E-state index in [0.29, 0.717) is 5.11 Å². The molecule has 1 rings (SSSR count). The molecule has 5 heteroatoms. The fourth-order valence-corrected chi connectivity index (χ4v) is 1.37. The molecule has 0 unspecified atom stereocenters. The Labute approximate surface area is 99.3 Å². The number of benzene rings is 1. The number of thiocarbonyl (C=S) groups is 1. The van der Waals surface area contributed by atoms with Crippen molar-refractivity contribution >= 4 is 35.3 Å². The van der Waals surface area contributed by atoms with Crippen molar-refractivity contribution in [3.63, 3.8) is 0 Å². The van der Waals surface area contributed by atoms with Gasteiger partial charge in [0.1, 0.15) is 0 Å². The van der Waals surface area contributed by atoms with Gasteiger partial charge in [0.05, 0.1) is 6.21 Å². The van der Waals surface area contributed by atoms with Crippen molar-refractivity contribution in [1.29, 1.82) is 0 Å². The molecule has 0 saturated carbocycles. The average Bonchev–Trinajstić information content (AvgIpc) is 2.29. The van der Waals surface area contributed by atoms with Crippen molar-refractivity contribution in [3.8, 4) is 0 Å². The van der Waals surface area contributed by atoms with Crippen LogP contribution in [0.15, 0.2) is 34.3 Å². The van der Waals surface area contributed by atoms with Crippen molar-refractivity contribution < 1.29 is 0 Å². The highest BCUT2D eigenvalue weighted by Crippen LogP contribution is 2.13. The van der Waals surface area contributed by atoms with Gasteiger partial charge in [-0.1, -0.05) is 12.1 Å². The number of thioether (sulfide) groups is 1. The van der Waals surface area contributed by atoms with Gasteiger partial charge in [0.25, 0.3) is 0 Å². The van der Waals surface area contributed by atoms with E-state index in [4.69, 9.17) is 12.2 Å². The SMILES string of the molecule is CNC(=S)N/N=C/c1ccc(SC)cc1. The summed E-state index contributed by atoms with van der Waals surface area (Å²) in [7, 11) is 1.75. The molecule has 0 aliphatic heterocycles. The zero-order valence-corrected chi connectivity index (χ0v) is 10.3. The molecule has 0 radical (unpaired) electrons. The Morgan fingerprint density at radius 1 is 1.40 bits per heavy atom. The summed E-state index contributed by atoms with van der Waals surface area (Å²) in [5.41, 5.74) is 3.73. The zero-order valence-electron chi connectivity index (χ0n) is 8.65. The Morgan fingerprint density at radius 3 is 2.60 bits per heavy atom. The molecule has 2 N–H and O–H groups in total. The van der Waals surface area contributed by atoms with Crippen LogP contribution in [-0.2, 0) is 0 Å². The van der Waals surface area contributed by atoms with E-state index in [-0.39, 0.29) is 0 Å². The lowest BCUT2D eigenvalue weighted by Gasteiger charge is -2.00. The van der Waals surface area contributed by atoms with Crippen LogP contribution in [0.4, 0.5) is 0 Å². The molecular weight excluding hydrogens is 226 g/mol. The maximum absolute atomic E-state index is 4.87. The van der Waals surface area contributed by atoms with Gasteiger partial charge in [0, 0.05) is 11.9 Å². The highest BCUT2D eigenvalue weighted by Gasteiger charge is 1.90. The van der Waals surface area contributed by atoms with E-state index in [1.165, 1.54) is 4.90 Å². The number of nitrogens with zero attached hydrogens (tertiary/aromatic N) is 1. The molecule has 0 fully saturated rings. The summed E-state index contributed by atoms with van der Waals surface area (Å²) in [5.74, 6) is 0. The van der Waals surface area contributed by atoms with Crippen LogP contribution in [0.1, 0.15) is 5.56 Å². The second-order valence-electron chi connectivity index (χ2n) is 2.72. The predicted molar refractivity (Wildman–Crippen MR) is 70.6 cm³/mol. The van der Waals surface area contributed by atoms with Crippen LogP contribution in [0.2, 0.25) is 0 Å². The maximum atomic E-state index is 4.87. The first-order valence-electron chi connectivity index (χ1n) is 4.41. The monoisotopic (exact) mass is 239 g/mol. The van der Waals surface area contributed by atoms with Crippen molar-refractivity contribution in [3.05, 3.63) is 29.8 Å². The van der Waals surface area contributed by atoms with E-state index in [2.05, 4.69) is 34.2 Å². The lowest BCUT2D eigenvalue weighted by atomic mass is 10.2. The summed E-state index contributed by atoms with van der Waals surface area (Å²) >= 11 is 6.59. The van der Waals surface area contributed by atoms with E-state index < -0.39 is 0 Å². The molecule has 1 aromatic carbocycles. The highest BCUT2D eigenvalue weighted by atomic mass is 32.2. The Hall–Kier alpha value is -1.07. The molecule has 0 atom stereocenters. The molecular formula is C10H13N3S2. The molecule has 0 aliphatic rings. The summed E-state index contributed by atoms with van der Waals surface area (Å²) in [5, 5.41) is 7.26. The quantitative estimate of drug-likeness (QED) is 0.365. The van der Waals surface area contributed by atoms with Gasteiger partial charge in [-0.15, -0.1) is 11.8 Å². The average molecular weight is 239 g/mol. The fraction of sp³-hybridized carbons (Fsp3) is 0.200. The van der Waals surface area contributed by atoms with Gasteiger partial charge >= 0.3 is 0 Å². The Bertz CT molecular complexity index is 346. The van der Waals surface area contributed by atoms with Crippen LogP contribution in [0.3, 0.4) is 0 Å². The van der Waals surface area contributed by atoms with E-state index in [1.54, 1.807) is 25.0 Å². The van der Waals surface area contributed by atoms with Gasteiger partial charge in [-0.3, -0.25) is 5.43 Å². The third kappa shape index (κ3) is 4.31. The first kappa shape index (κ1) is 12.0. The van der Waals surface area contributed by atoms with Gasteiger partial charge < -0.3 is 5.32 Å². The Balaban J connectivity index is 2.53. The molecule has 0 heterocycles. The highest BCUT2D eigenvalue weighted by molar-refractivity contribution is 7.98. The third-order valence-electron chi connectivity index (χ3n) is 1.72. The van der Waals surface area contributed by atoms with Crippen LogP contribution >= 0.6 is 24.0 Å². The Kier molecular flexibility index (Phi) is 5.14. The number of hydrazone groups is 1. The van der Waals surface area contributed by atoms with Gasteiger partial charge in [0.2, 0.25) is 0 Å². The van der Waals surface area contributed by atoms with E-state index in [9.17, 15) is 0 Å². The number of nitrogens with one attached hydrogen (secondary N) is 2. The van der Waals surface area contributed by atoms with E-state index in [0.717, 1.165) is 5.56 Å². The molecule has 0 spiro atoms. The minimum atomic E-state index is 0.506. The minimum absolute atomic E-state index is 0.506. The van der Waals surface area contributed by atoms with Crippen LogP contribution in [-0.4, -0.2) is 24.6 Å². The second kappa shape index (κ2) is 6.42. The molecule has 0 amide bonds. The molecule has 80 valence electrons. The second-order valence-corrected chi connectivity index (χ2v) is 4.01. The third-order valence-corrected chi connectivity index (χ3v) is 2.76. The molecule has 0 aromatic heterocycles. The molecule has 0 aliphatic carbocycles. The number of hydrogen-bond acceptors (Lipinski definition) is 3. The van der Waals surface area contributed by atoms with Crippen molar-refractivity contribution in [2.75, 3.05) is 13.3 Å². The summed E-state index contributed by atoms with van der Waals surface area (Å²) < 4.78 is 0. The van der Waals surface area contributed by atoms with Crippen molar-refractivity contribution in [1.82, 2.24) is 10.7 Å². The van der Waals surface area contributed by atoms with Crippen LogP contribution in [0.5, 0.6) is 0 Å². The van der Waals surface area contributed by atoms with Crippen LogP contribution in [0, 0.1) is 0 Å². The van der Waals surface area contributed by atoms with Gasteiger partial charge in [-0.2, -0.15) is 5.10 Å². The molecule has 3 nitrogen and oxygen atoms in total. The molecule has 0 bridgehead atoms. The van der Waals surface area contributed by atoms with Crippen molar-refractivity contribution in [2.45, 2.75) is 4.90 Å². The minimum Gasteiger partial charge on any atom is -0.364 e. The molecule has 0 saturated heterocycles. The van der Waals surface area contributed by atoms with Gasteiger partial charge in [-0.25, -0.2) is 0 Å². The van der Waals surface area contributed by atoms with Crippen molar-refractivity contribution in [2.24, 2.45) is 5.10 Å². The standard InChI is InChI=1S/C10H13N3S2/c1-11-10(14)13-12-7-8-3-5-9(15-2)6-4-8/h3-7H,1-2H3,(H2,11,13,14)/b12-7+. The normalized spacial score (nSPS) is 10.3. The number of hydrogen-bond donors (Lipinski definition) is 2. The van der Waals surface area contributed by atoms with Gasteiger partial charge in [0.15, 0.2) is 5.11 Å². The van der Waals surface area contributed by atoms with E-state index in [1.807, 2.05) is 12.1 Å². The maximum Gasteiger partial charge on any atom is 0.186 e. The first-order valence-corrected chi connectivity index (χ1v) is 6.04. The van der Waals surface area contributed by atoms with Crippen LogP contribution < -0.4 is 10.7 Å². The topological polar surface area (TPSA) is 36.4 Å². The number of rotatable bonds is 3. The van der Waals surface area contributed by atoms with Gasteiger partial charge in [-0.05, 0) is 36.2 Å². The largest absolute Gasteiger partial charge is 0.364 e. The summed E-state index contributed by atoms with van der Waals surface area (Å²) in [6, 6.07) is 8.14. The lowest BCUT2D eigenvalue weighted by Crippen LogP contribution is -2.28. The van der Waals surface area contributed by atoms with Crippen LogP contribution in [0.25, 0.3) is 0 Å². The summed E-state index contributed by atoms with van der Waals surface area (Å²) in [6.07, 6.45) is 3.78. The molecule has 1 aromatic rings. The fourth-order valence-electron chi connectivity index (χ4n) is 0.911. The zero-order chi connectivity index (χ0) is 11.1. The Morgan fingerprint density at radius 2 is 2.07 bits per heavy atom. The first-order chi connectivity index (χ1) is 7.26. The predicted octanol–water partition coefficient (Wildman–Crippen LogP) is 1.84. The summed E-state index contributed by atoms with van der Waals surface area (Å²) in [4.78, 5) is 1.24.